The summed E-state index contributed by atoms with van der Waals surface area (Å²) in [6.45, 7) is 4.19. The van der Waals surface area contributed by atoms with Gasteiger partial charge in [0.1, 0.15) is 0 Å². The molecule has 1 N–H and O–H groups in total. The molecule has 2 aromatic carbocycles. The van der Waals surface area contributed by atoms with Crippen LogP contribution in [0.25, 0.3) is 0 Å². The summed E-state index contributed by atoms with van der Waals surface area (Å²) in [6.07, 6.45) is 0. The maximum Gasteiger partial charge on any atom is 0.162 e. The van der Waals surface area contributed by atoms with E-state index < -0.39 is 0 Å². The van der Waals surface area contributed by atoms with Crippen LogP contribution < -0.4 is 14.8 Å². The third-order valence-electron chi connectivity index (χ3n) is 3.47. The molecule has 1 unspecified atom stereocenters. The molecule has 112 valence electrons. The second kappa shape index (κ2) is 6.85. The first kappa shape index (κ1) is 15.7. The van der Waals surface area contributed by atoms with E-state index in [2.05, 4.69) is 47.2 Å². The molecule has 0 amide bonds. The summed E-state index contributed by atoms with van der Waals surface area (Å²) in [5.74, 6) is 1.47. The minimum Gasteiger partial charge on any atom is -0.493 e. The first-order valence-electron chi connectivity index (χ1n) is 6.80. The lowest BCUT2D eigenvalue weighted by Crippen LogP contribution is -2.08. The molecular weight excluding hydrogens is 330 g/mol. The first-order valence-corrected chi connectivity index (χ1v) is 7.59. The number of methoxy groups -OCH3 is 2. The van der Waals surface area contributed by atoms with Gasteiger partial charge in [-0.05, 0) is 37.1 Å². The number of aryl methyl sites for hydroxylation is 1. The highest BCUT2D eigenvalue weighted by Crippen LogP contribution is 2.35. The number of hydrogen-bond acceptors (Lipinski definition) is 3. The second-order valence-electron chi connectivity index (χ2n) is 4.91. The average Bonchev–Trinajstić information content (AvgIpc) is 2.49. The first-order chi connectivity index (χ1) is 10.1. The molecule has 0 fully saturated rings. The summed E-state index contributed by atoms with van der Waals surface area (Å²) in [5, 5.41) is 3.53. The van der Waals surface area contributed by atoms with Gasteiger partial charge in [-0.3, -0.25) is 0 Å². The van der Waals surface area contributed by atoms with Gasteiger partial charge >= 0.3 is 0 Å². The van der Waals surface area contributed by atoms with E-state index >= 15 is 0 Å². The average molecular weight is 350 g/mol. The monoisotopic (exact) mass is 349 g/mol. The van der Waals surface area contributed by atoms with Crippen LogP contribution >= 0.6 is 15.9 Å². The molecule has 0 spiro atoms. The van der Waals surface area contributed by atoms with Crippen molar-refractivity contribution in [2.45, 2.75) is 19.9 Å². The Morgan fingerprint density at radius 2 is 1.67 bits per heavy atom. The van der Waals surface area contributed by atoms with Crippen LogP contribution in [0.4, 0.5) is 5.69 Å². The lowest BCUT2D eigenvalue weighted by Gasteiger charge is -2.20. The SMILES string of the molecule is COc1cc(C)c(NC(C)c2ccccc2Br)cc1OC. The summed E-state index contributed by atoms with van der Waals surface area (Å²) in [5.41, 5.74) is 3.37. The van der Waals surface area contributed by atoms with Crippen molar-refractivity contribution in [1.29, 1.82) is 0 Å². The zero-order valence-electron chi connectivity index (χ0n) is 12.7. The second-order valence-corrected chi connectivity index (χ2v) is 5.76. The predicted octanol–water partition coefficient (Wildman–Crippen LogP) is 4.95. The number of anilines is 1. The molecule has 2 rings (SSSR count). The summed E-state index contributed by atoms with van der Waals surface area (Å²) in [4.78, 5) is 0. The van der Waals surface area contributed by atoms with Gasteiger partial charge in [-0.2, -0.15) is 0 Å². The smallest absolute Gasteiger partial charge is 0.162 e. The van der Waals surface area contributed by atoms with Crippen LogP contribution in [0.1, 0.15) is 24.1 Å². The van der Waals surface area contributed by atoms with Crippen molar-refractivity contribution < 1.29 is 9.47 Å². The Morgan fingerprint density at radius 3 is 2.29 bits per heavy atom. The standard InChI is InChI=1S/C17H20BrNO2/c1-11-9-16(20-3)17(21-4)10-15(11)19-12(2)13-7-5-6-8-14(13)18/h5-10,12,19H,1-4H3. The van der Waals surface area contributed by atoms with Gasteiger partial charge in [-0.25, -0.2) is 0 Å². The number of halogens is 1. The topological polar surface area (TPSA) is 30.5 Å². The van der Waals surface area contributed by atoms with Crippen LogP contribution in [0.15, 0.2) is 40.9 Å². The third kappa shape index (κ3) is 3.50. The summed E-state index contributed by atoms with van der Waals surface area (Å²) >= 11 is 3.60. The van der Waals surface area contributed by atoms with Crippen molar-refractivity contribution in [3.63, 3.8) is 0 Å². The van der Waals surface area contributed by atoms with Gasteiger partial charge in [-0.15, -0.1) is 0 Å². The minimum absolute atomic E-state index is 0.178. The largest absolute Gasteiger partial charge is 0.493 e. The summed E-state index contributed by atoms with van der Waals surface area (Å²) < 4.78 is 11.8. The Morgan fingerprint density at radius 1 is 1.05 bits per heavy atom. The molecular formula is C17H20BrNO2. The molecule has 2 aromatic rings. The predicted molar refractivity (Wildman–Crippen MR) is 90.5 cm³/mol. The van der Waals surface area contributed by atoms with E-state index in [0.29, 0.717) is 0 Å². The minimum atomic E-state index is 0.178. The molecule has 0 aliphatic rings. The van der Waals surface area contributed by atoms with E-state index in [4.69, 9.17) is 9.47 Å². The van der Waals surface area contributed by atoms with Crippen molar-refractivity contribution in [2.75, 3.05) is 19.5 Å². The third-order valence-corrected chi connectivity index (χ3v) is 4.20. The van der Waals surface area contributed by atoms with Gasteiger partial charge in [0.25, 0.3) is 0 Å². The van der Waals surface area contributed by atoms with Gasteiger partial charge in [0, 0.05) is 22.3 Å². The van der Waals surface area contributed by atoms with Gasteiger partial charge in [0.05, 0.1) is 14.2 Å². The number of ether oxygens (including phenoxy) is 2. The van der Waals surface area contributed by atoms with Gasteiger partial charge in [0.2, 0.25) is 0 Å². The zero-order chi connectivity index (χ0) is 15.4. The fraction of sp³-hybridized carbons (Fsp3) is 0.294. The van der Waals surface area contributed by atoms with E-state index in [0.717, 1.165) is 27.2 Å². The quantitative estimate of drug-likeness (QED) is 0.828. The Balaban J connectivity index is 2.29. The molecule has 3 nitrogen and oxygen atoms in total. The molecule has 0 saturated carbocycles. The van der Waals surface area contributed by atoms with E-state index in [1.165, 1.54) is 5.56 Å². The maximum absolute atomic E-state index is 5.37. The van der Waals surface area contributed by atoms with Crippen LogP contribution in [-0.2, 0) is 0 Å². The molecule has 0 saturated heterocycles. The van der Waals surface area contributed by atoms with E-state index in [1.807, 2.05) is 24.3 Å². The Bertz CT molecular complexity index is 628. The number of nitrogens with one attached hydrogen (secondary N) is 1. The molecule has 0 aliphatic carbocycles. The van der Waals surface area contributed by atoms with Crippen LogP contribution in [0.5, 0.6) is 11.5 Å². The highest BCUT2D eigenvalue weighted by Gasteiger charge is 2.13. The highest BCUT2D eigenvalue weighted by atomic mass is 79.9. The van der Waals surface area contributed by atoms with Gasteiger partial charge in [0.15, 0.2) is 11.5 Å². The molecule has 0 radical (unpaired) electrons. The van der Waals surface area contributed by atoms with Crippen LogP contribution in [0, 0.1) is 6.92 Å². The fourth-order valence-corrected chi connectivity index (χ4v) is 2.90. The summed E-state index contributed by atoms with van der Waals surface area (Å²) in [7, 11) is 3.29. The van der Waals surface area contributed by atoms with Crippen LogP contribution in [0.2, 0.25) is 0 Å². The Hall–Kier alpha value is -1.68. The van der Waals surface area contributed by atoms with Crippen LogP contribution in [0.3, 0.4) is 0 Å². The molecule has 4 heteroatoms. The number of rotatable bonds is 5. The van der Waals surface area contributed by atoms with Gasteiger partial charge < -0.3 is 14.8 Å². The highest BCUT2D eigenvalue weighted by molar-refractivity contribution is 9.10. The number of hydrogen-bond donors (Lipinski definition) is 1. The van der Waals surface area contributed by atoms with Crippen molar-refractivity contribution in [3.8, 4) is 11.5 Å². The summed E-state index contributed by atoms with van der Waals surface area (Å²) in [6, 6.07) is 12.3. The van der Waals surface area contributed by atoms with Crippen molar-refractivity contribution in [3.05, 3.63) is 52.0 Å². The van der Waals surface area contributed by atoms with E-state index in [9.17, 15) is 0 Å². The lowest BCUT2D eigenvalue weighted by atomic mass is 10.1. The van der Waals surface area contributed by atoms with E-state index in [1.54, 1.807) is 14.2 Å². The molecule has 1 atom stereocenters. The van der Waals surface area contributed by atoms with Crippen molar-refractivity contribution in [2.24, 2.45) is 0 Å². The molecule has 0 aromatic heterocycles. The molecule has 0 heterocycles. The van der Waals surface area contributed by atoms with E-state index in [-0.39, 0.29) is 6.04 Å². The van der Waals surface area contributed by atoms with Gasteiger partial charge in [-0.1, -0.05) is 34.1 Å². The van der Waals surface area contributed by atoms with Crippen LogP contribution in [-0.4, -0.2) is 14.2 Å². The zero-order valence-corrected chi connectivity index (χ0v) is 14.3. The van der Waals surface area contributed by atoms with Crippen molar-refractivity contribution >= 4 is 21.6 Å². The maximum atomic E-state index is 5.37. The number of benzene rings is 2. The molecule has 0 aliphatic heterocycles. The molecule has 21 heavy (non-hydrogen) atoms. The normalized spacial score (nSPS) is 11.9. The van der Waals surface area contributed by atoms with Crippen molar-refractivity contribution in [1.82, 2.24) is 0 Å². The molecule has 0 bridgehead atoms. The Kier molecular flexibility index (Phi) is 5.12. The Labute approximate surface area is 134 Å². The fourth-order valence-electron chi connectivity index (χ4n) is 2.27. The lowest BCUT2D eigenvalue weighted by molar-refractivity contribution is 0.355.